The van der Waals surface area contributed by atoms with Crippen molar-refractivity contribution in [1.82, 2.24) is 19.7 Å². The first kappa shape index (κ1) is 18.2. The van der Waals surface area contributed by atoms with E-state index in [4.69, 9.17) is 9.47 Å². The molecule has 6 heteroatoms. The van der Waals surface area contributed by atoms with Gasteiger partial charge >= 0.3 is 0 Å². The summed E-state index contributed by atoms with van der Waals surface area (Å²) in [7, 11) is 1.71. The molecule has 1 aromatic carbocycles. The summed E-state index contributed by atoms with van der Waals surface area (Å²) >= 11 is 0. The van der Waals surface area contributed by atoms with E-state index in [1.165, 1.54) is 11.1 Å². The largest absolute Gasteiger partial charge is 0.496 e. The fourth-order valence-corrected chi connectivity index (χ4v) is 4.16. The molecule has 0 saturated carbocycles. The minimum absolute atomic E-state index is 0.0169. The molecule has 0 radical (unpaired) electrons. The maximum absolute atomic E-state index is 6.15. The molecule has 144 valence electrons. The van der Waals surface area contributed by atoms with Crippen LogP contribution in [0.3, 0.4) is 0 Å². The number of methoxy groups -OCH3 is 1. The van der Waals surface area contributed by atoms with Gasteiger partial charge in [0.2, 0.25) is 0 Å². The van der Waals surface area contributed by atoms with Crippen LogP contribution >= 0.6 is 0 Å². The number of hydrogen-bond acceptors (Lipinski definition) is 5. The van der Waals surface area contributed by atoms with Gasteiger partial charge < -0.3 is 9.47 Å². The standard InChI is InChI=1S/C21H28N4O2/c1-17-5-10-27-21(12-17)6-8-24(9-7-21)13-18-3-4-20(26-2)19(11-18)14-25-16-22-15-23-25/h3-4,11-12,15-16H,5-10,13-14H2,1-2H3. The van der Waals surface area contributed by atoms with Crippen molar-refractivity contribution < 1.29 is 9.47 Å². The maximum Gasteiger partial charge on any atom is 0.137 e. The molecule has 0 unspecified atom stereocenters. The van der Waals surface area contributed by atoms with Crippen LogP contribution in [0, 0.1) is 0 Å². The number of piperidine rings is 1. The van der Waals surface area contributed by atoms with Crippen LogP contribution in [0.1, 0.15) is 37.3 Å². The van der Waals surface area contributed by atoms with E-state index in [2.05, 4.69) is 46.2 Å². The number of likely N-dealkylation sites (tertiary alicyclic amines) is 1. The van der Waals surface area contributed by atoms with Crippen LogP contribution < -0.4 is 4.74 Å². The second kappa shape index (κ2) is 7.82. The minimum Gasteiger partial charge on any atom is -0.496 e. The van der Waals surface area contributed by atoms with Crippen LogP contribution in [0.2, 0.25) is 0 Å². The number of ether oxygens (including phenoxy) is 2. The van der Waals surface area contributed by atoms with Gasteiger partial charge in [-0.2, -0.15) is 5.10 Å². The number of rotatable bonds is 5. The summed E-state index contributed by atoms with van der Waals surface area (Å²) in [5.41, 5.74) is 3.89. The summed E-state index contributed by atoms with van der Waals surface area (Å²) in [6, 6.07) is 6.45. The molecule has 2 aromatic rings. The number of hydrogen-bond donors (Lipinski definition) is 0. The number of benzene rings is 1. The monoisotopic (exact) mass is 368 g/mol. The van der Waals surface area contributed by atoms with Gasteiger partial charge in [-0.05, 0) is 43.9 Å². The number of nitrogens with zero attached hydrogens (tertiary/aromatic N) is 4. The van der Waals surface area contributed by atoms with Gasteiger partial charge in [0, 0.05) is 25.2 Å². The van der Waals surface area contributed by atoms with E-state index in [-0.39, 0.29) is 5.60 Å². The lowest BCUT2D eigenvalue weighted by Crippen LogP contribution is -2.46. The Morgan fingerprint density at radius 2 is 2.07 bits per heavy atom. The van der Waals surface area contributed by atoms with Crippen LogP contribution in [0.15, 0.2) is 42.5 Å². The molecule has 1 fully saturated rings. The third-order valence-corrected chi connectivity index (χ3v) is 5.65. The Balaban J connectivity index is 1.42. The van der Waals surface area contributed by atoms with Gasteiger partial charge in [-0.15, -0.1) is 0 Å². The molecule has 2 aliphatic rings. The van der Waals surface area contributed by atoms with E-state index in [1.54, 1.807) is 19.8 Å². The van der Waals surface area contributed by atoms with Gasteiger partial charge in [0.05, 0.1) is 25.9 Å². The molecule has 3 heterocycles. The average molecular weight is 368 g/mol. The van der Waals surface area contributed by atoms with Crippen LogP contribution in [-0.4, -0.2) is 52.1 Å². The van der Waals surface area contributed by atoms with E-state index >= 15 is 0 Å². The molecule has 1 spiro atoms. The third-order valence-electron chi connectivity index (χ3n) is 5.65. The fourth-order valence-electron chi connectivity index (χ4n) is 4.16. The Kier molecular flexibility index (Phi) is 5.27. The molecule has 0 bridgehead atoms. The number of aromatic nitrogens is 3. The quantitative estimate of drug-likeness (QED) is 0.760. The zero-order valence-electron chi connectivity index (χ0n) is 16.2. The highest BCUT2D eigenvalue weighted by atomic mass is 16.5. The highest BCUT2D eigenvalue weighted by Gasteiger charge is 2.35. The van der Waals surface area contributed by atoms with E-state index in [0.29, 0.717) is 6.54 Å². The van der Waals surface area contributed by atoms with Crippen molar-refractivity contribution in [3.8, 4) is 5.75 Å². The highest BCUT2D eigenvalue weighted by Crippen LogP contribution is 2.33. The molecule has 27 heavy (non-hydrogen) atoms. The molecule has 0 atom stereocenters. The molecule has 1 aromatic heterocycles. The Labute approximate surface area is 160 Å². The van der Waals surface area contributed by atoms with Crippen molar-refractivity contribution in [3.05, 3.63) is 53.6 Å². The van der Waals surface area contributed by atoms with Crippen molar-refractivity contribution in [2.24, 2.45) is 0 Å². The first-order chi connectivity index (χ1) is 13.2. The lowest BCUT2D eigenvalue weighted by atomic mass is 9.87. The molecule has 2 aliphatic heterocycles. The summed E-state index contributed by atoms with van der Waals surface area (Å²) < 4.78 is 13.5. The average Bonchev–Trinajstić information content (AvgIpc) is 3.17. The van der Waals surface area contributed by atoms with Gasteiger partial charge in [-0.3, -0.25) is 4.90 Å². The highest BCUT2D eigenvalue weighted by molar-refractivity contribution is 5.37. The third kappa shape index (κ3) is 4.22. The van der Waals surface area contributed by atoms with Gasteiger partial charge in [0.25, 0.3) is 0 Å². The molecule has 4 rings (SSSR count). The molecule has 1 saturated heterocycles. The Morgan fingerprint density at radius 1 is 1.22 bits per heavy atom. The van der Waals surface area contributed by atoms with Gasteiger partial charge in [0.15, 0.2) is 0 Å². The summed E-state index contributed by atoms with van der Waals surface area (Å²) in [4.78, 5) is 6.54. The molecule has 6 nitrogen and oxygen atoms in total. The first-order valence-corrected chi connectivity index (χ1v) is 9.69. The van der Waals surface area contributed by atoms with Crippen LogP contribution in [0.25, 0.3) is 0 Å². The van der Waals surface area contributed by atoms with Crippen molar-refractivity contribution in [2.75, 3.05) is 26.8 Å². The molecule has 0 N–H and O–H groups in total. The van der Waals surface area contributed by atoms with Crippen molar-refractivity contribution in [1.29, 1.82) is 0 Å². The molecule has 0 aliphatic carbocycles. The Bertz CT molecular complexity index is 793. The lowest BCUT2D eigenvalue weighted by molar-refractivity contribution is -0.0577. The zero-order valence-corrected chi connectivity index (χ0v) is 16.2. The molecule has 0 amide bonds. The van der Waals surface area contributed by atoms with E-state index < -0.39 is 0 Å². The maximum atomic E-state index is 6.15. The van der Waals surface area contributed by atoms with Gasteiger partial charge in [0.1, 0.15) is 18.4 Å². The van der Waals surface area contributed by atoms with Gasteiger partial charge in [-0.1, -0.05) is 17.7 Å². The van der Waals surface area contributed by atoms with Crippen molar-refractivity contribution in [2.45, 2.75) is 44.9 Å². The van der Waals surface area contributed by atoms with Crippen molar-refractivity contribution in [3.63, 3.8) is 0 Å². The topological polar surface area (TPSA) is 52.4 Å². The van der Waals surface area contributed by atoms with Crippen LogP contribution in [0.4, 0.5) is 0 Å². The summed E-state index contributed by atoms with van der Waals surface area (Å²) in [6.07, 6.45) is 8.89. The predicted molar refractivity (Wildman–Crippen MR) is 104 cm³/mol. The van der Waals surface area contributed by atoms with Gasteiger partial charge in [-0.25, -0.2) is 9.67 Å². The summed E-state index contributed by atoms with van der Waals surface area (Å²) in [5, 5.41) is 4.21. The molecular weight excluding hydrogens is 340 g/mol. The smallest absolute Gasteiger partial charge is 0.137 e. The zero-order chi connectivity index (χ0) is 18.7. The second-order valence-electron chi connectivity index (χ2n) is 7.67. The van der Waals surface area contributed by atoms with Crippen LogP contribution in [-0.2, 0) is 17.8 Å². The second-order valence-corrected chi connectivity index (χ2v) is 7.67. The molecular formula is C21H28N4O2. The Morgan fingerprint density at radius 3 is 2.78 bits per heavy atom. The Hall–Kier alpha value is -2.18. The van der Waals surface area contributed by atoms with E-state index in [0.717, 1.165) is 56.8 Å². The fraction of sp³-hybridized carbons (Fsp3) is 0.524. The van der Waals surface area contributed by atoms with E-state index in [1.807, 2.05) is 4.68 Å². The first-order valence-electron chi connectivity index (χ1n) is 9.69. The van der Waals surface area contributed by atoms with Crippen molar-refractivity contribution >= 4 is 0 Å². The predicted octanol–water partition coefficient (Wildman–Crippen LogP) is 3.04. The summed E-state index contributed by atoms with van der Waals surface area (Å²) in [6.45, 7) is 6.84. The minimum atomic E-state index is -0.0169. The van der Waals surface area contributed by atoms with Crippen LogP contribution in [0.5, 0.6) is 5.75 Å². The summed E-state index contributed by atoms with van der Waals surface area (Å²) in [5.74, 6) is 0.892. The van der Waals surface area contributed by atoms with E-state index in [9.17, 15) is 0 Å². The normalized spacial score (nSPS) is 19.9. The SMILES string of the molecule is COc1ccc(CN2CCC3(C=C(C)CCO3)CC2)cc1Cn1cncn1. The lowest BCUT2D eigenvalue weighted by Gasteiger charge is -2.42.